The summed E-state index contributed by atoms with van der Waals surface area (Å²) in [6, 6.07) is 12.5. The first-order valence-corrected chi connectivity index (χ1v) is 8.89. The average Bonchev–Trinajstić information content (AvgIpc) is 3.11. The van der Waals surface area contributed by atoms with Crippen molar-refractivity contribution in [2.45, 2.75) is 38.6 Å². The molecule has 4 heteroatoms. The summed E-state index contributed by atoms with van der Waals surface area (Å²) >= 11 is 0. The highest BCUT2D eigenvalue weighted by Crippen LogP contribution is 2.51. The normalized spacial score (nSPS) is 23.7. The van der Waals surface area contributed by atoms with Gasteiger partial charge in [-0.3, -0.25) is 10.1 Å². The molecule has 0 aromatic heterocycles. The third kappa shape index (κ3) is 2.62. The summed E-state index contributed by atoms with van der Waals surface area (Å²) < 4.78 is 0. The Kier molecular flexibility index (Phi) is 3.83. The van der Waals surface area contributed by atoms with Crippen molar-refractivity contribution in [3.05, 3.63) is 80.9 Å². The van der Waals surface area contributed by atoms with Crippen LogP contribution in [0.2, 0.25) is 0 Å². The maximum absolute atomic E-state index is 11.2. The molecular weight excluding hydrogens is 312 g/mol. The summed E-state index contributed by atoms with van der Waals surface area (Å²) in [5.41, 5.74) is 5.88. The fourth-order valence-electron chi connectivity index (χ4n) is 4.26. The highest BCUT2D eigenvalue weighted by atomic mass is 16.6. The van der Waals surface area contributed by atoms with E-state index in [1.165, 1.54) is 11.1 Å². The van der Waals surface area contributed by atoms with Gasteiger partial charge >= 0.3 is 0 Å². The second-order valence-corrected chi connectivity index (χ2v) is 7.05. The van der Waals surface area contributed by atoms with E-state index in [0.29, 0.717) is 5.92 Å². The minimum atomic E-state index is -0.295. The molecule has 1 N–H and O–H groups in total. The molecule has 1 aliphatic heterocycles. The van der Waals surface area contributed by atoms with Crippen molar-refractivity contribution >= 4 is 11.4 Å². The van der Waals surface area contributed by atoms with E-state index in [1.54, 1.807) is 12.1 Å². The van der Waals surface area contributed by atoms with Crippen LogP contribution in [0.4, 0.5) is 11.4 Å². The van der Waals surface area contributed by atoms with Gasteiger partial charge in [-0.25, -0.2) is 0 Å². The van der Waals surface area contributed by atoms with E-state index in [4.69, 9.17) is 0 Å². The van der Waals surface area contributed by atoms with Gasteiger partial charge in [0.1, 0.15) is 0 Å². The number of nitro groups is 1. The molecule has 4 rings (SSSR count). The summed E-state index contributed by atoms with van der Waals surface area (Å²) in [5.74, 6) is 0.645. The van der Waals surface area contributed by atoms with Gasteiger partial charge in [-0.1, -0.05) is 43.3 Å². The SMILES string of the molecule is CCc1ccc([C@@H]2Nc3c(C)cc([N+](=O)[O-])cc3[C@@H]3C=CC[C@H]32)cc1. The van der Waals surface area contributed by atoms with E-state index < -0.39 is 0 Å². The number of nitro benzene ring substituents is 1. The highest BCUT2D eigenvalue weighted by molar-refractivity contribution is 5.67. The monoisotopic (exact) mass is 334 g/mol. The largest absolute Gasteiger partial charge is 0.377 e. The Morgan fingerprint density at radius 2 is 2.00 bits per heavy atom. The summed E-state index contributed by atoms with van der Waals surface area (Å²) in [6.07, 6.45) is 6.48. The number of nitrogens with zero attached hydrogens (tertiary/aromatic N) is 1. The maximum Gasteiger partial charge on any atom is 0.270 e. The van der Waals surface area contributed by atoms with Crippen molar-refractivity contribution < 1.29 is 4.92 Å². The lowest BCUT2D eigenvalue weighted by molar-refractivity contribution is -0.385. The Bertz CT molecular complexity index is 855. The molecule has 0 saturated carbocycles. The first kappa shape index (κ1) is 15.9. The average molecular weight is 334 g/mol. The van der Waals surface area contributed by atoms with Gasteiger partial charge < -0.3 is 5.32 Å². The zero-order chi connectivity index (χ0) is 17.6. The lowest BCUT2D eigenvalue weighted by Crippen LogP contribution is -2.29. The molecule has 2 aromatic carbocycles. The van der Waals surface area contributed by atoms with Crippen LogP contribution in [-0.4, -0.2) is 4.92 Å². The van der Waals surface area contributed by atoms with Crippen molar-refractivity contribution in [1.82, 2.24) is 0 Å². The first-order valence-electron chi connectivity index (χ1n) is 8.89. The summed E-state index contributed by atoms with van der Waals surface area (Å²) in [6.45, 7) is 4.12. The van der Waals surface area contributed by atoms with Gasteiger partial charge in [0, 0.05) is 23.7 Å². The van der Waals surface area contributed by atoms with E-state index in [-0.39, 0.29) is 22.6 Å². The molecule has 2 aliphatic rings. The summed E-state index contributed by atoms with van der Waals surface area (Å²) in [5, 5.41) is 14.9. The minimum absolute atomic E-state index is 0.183. The number of hydrogen-bond acceptors (Lipinski definition) is 3. The number of rotatable bonds is 3. The second-order valence-electron chi connectivity index (χ2n) is 7.05. The van der Waals surface area contributed by atoms with Gasteiger partial charge in [-0.2, -0.15) is 0 Å². The van der Waals surface area contributed by atoms with E-state index in [0.717, 1.165) is 29.7 Å². The van der Waals surface area contributed by atoms with Crippen molar-refractivity contribution in [2.24, 2.45) is 5.92 Å². The lowest BCUT2D eigenvalue weighted by atomic mass is 9.76. The Morgan fingerprint density at radius 3 is 2.68 bits per heavy atom. The maximum atomic E-state index is 11.2. The predicted molar refractivity (Wildman–Crippen MR) is 100 cm³/mol. The predicted octanol–water partition coefficient (Wildman–Crippen LogP) is 5.29. The molecule has 2 aromatic rings. The van der Waals surface area contributed by atoms with Gasteiger partial charge in [0.15, 0.2) is 0 Å². The number of aryl methyl sites for hydroxylation is 2. The molecule has 0 saturated heterocycles. The van der Waals surface area contributed by atoms with Gasteiger partial charge in [0.25, 0.3) is 5.69 Å². The van der Waals surface area contributed by atoms with Gasteiger partial charge in [0.05, 0.1) is 11.0 Å². The number of fused-ring (bicyclic) bond motifs is 3. The molecule has 0 spiro atoms. The lowest BCUT2D eigenvalue weighted by Gasteiger charge is -2.38. The van der Waals surface area contributed by atoms with E-state index >= 15 is 0 Å². The molecule has 3 atom stereocenters. The van der Waals surface area contributed by atoms with E-state index in [9.17, 15) is 10.1 Å². The van der Waals surface area contributed by atoms with Crippen LogP contribution in [0.15, 0.2) is 48.6 Å². The number of non-ortho nitro benzene ring substituents is 1. The van der Waals surface area contributed by atoms with Crippen molar-refractivity contribution in [3.8, 4) is 0 Å². The molecule has 0 bridgehead atoms. The molecule has 0 radical (unpaired) electrons. The van der Waals surface area contributed by atoms with Gasteiger partial charge in [-0.05, 0) is 47.9 Å². The number of benzene rings is 2. The van der Waals surface area contributed by atoms with Crippen LogP contribution in [-0.2, 0) is 6.42 Å². The Hall–Kier alpha value is -2.62. The number of anilines is 1. The van der Waals surface area contributed by atoms with Crippen LogP contribution < -0.4 is 5.32 Å². The molecule has 1 aliphatic carbocycles. The second kappa shape index (κ2) is 6.03. The fraction of sp³-hybridized carbons (Fsp3) is 0.333. The Morgan fingerprint density at radius 1 is 1.24 bits per heavy atom. The van der Waals surface area contributed by atoms with Crippen LogP contribution in [0.1, 0.15) is 47.6 Å². The smallest absolute Gasteiger partial charge is 0.270 e. The van der Waals surface area contributed by atoms with E-state index in [1.807, 2.05) is 6.92 Å². The molecular formula is C21H22N2O2. The van der Waals surface area contributed by atoms with Crippen LogP contribution >= 0.6 is 0 Å². The third-order valence-corrected chi connectivity index (χ3v) is 5.61. The Labute approximate surface area is 147 Å². The molecule has 128 valence electrons. The van der Waals surface area contributed by atoms with Crippen molar-refractivity contribution in [3.63, 3.8) is 0 Å². The quantitative estimate of drug-likeness (QED) is 0.471. The van der Waals surface area contributed by atoms with Crippen LogP contribution in [0, 0.1) is 23.0 Å². The molecule has 0 fully saturated rings. The molecule has 25 heavy (non-hydrogen) atoms. The fourth-order valence-corrected chi connectivity index (χ4v) is 4.26. The highest BCUT2D eigenvalue weighted by Gasteiger charge is 2.39. The molecule has 0 amide bonds. The number of hydrogen-bond donors (Lipinski definition) is 1. The standard InChI is InChI=1S/C21H22N2O2/c1-3-14-7-9-15(10-8-14)21-18-6-4-5-17(18)19-12-16(23(24)25)11-13(2)20(19)22-21/h4-5,7-12,17-18,21-22H,3,6H2,1-2H3/t17-,18-,21+/m1/s1. The molecule has 4 nitrogen and oxygen atoms in total. The van der Waals surface area contributed by atoms with Gasteiger partial charge in [-0.15, -0.1) is 0 Å². The van der Waals surface area contributed by atoms with Crippen LogP contribution in [0.5, 0.6) is 0 Å². The third-order valence-electron chi connectivity index (χ3n) is 5.61. The molecule has 0 unspecified atom stereocenters. The Balaban J connectivity index is 1.78. The zero-order valence-corrected chi connectivity index (χ0v) is 14.5. The summed E-state index contributed by atoms with van der Waals surface area (Å²) in [4.78, 5) is 10.9. The van der Waals surface area contributed by atoms with E-state index in [2.05, 4.69) is 48.7 Å². The minimum Gasteiger partial charge on any atom is -0.377 e. The zero-order valence-electron chi connectivity index (χ0n) is 14.5. The number of allylic oxidation sites excluding steroid dienone is 2. The van der Waals surface area contributed by atoms with Crippen LogP contribution in [0.3, 0.4) is 0 Å². The molecule has 1 heterocycles. The topological polar surface area (TPSA) is 55.2 Å². The van der Waals surface area contributed by atoms with Crippen LogP contribution in [0.25, 0.3) is 0 Å². The first-order chi connectivity index (χ1) is 12.1. The number of nitrogens with one attached hydrogen (secondary N) is 1. The van der Waals surface area contributed by atoms with Crippen molar-refractivity contribution in [1.29, 1.82) is 0 Å². The van der Waals surface area contributed by atoms with Gasteiger partial charge in [0.2, 0.25) is 0 Å². The van der Waals surface area contributed by atoms with Crippen molar-refractivity contribution in [2.75, 3.05) is 5.32 Å². The summed E-state index contributed by atoms with van der Waals surface area (Å²) in [7, 11) is 0.